The topological polar surface area (TPSA) is 63.4 Å². The molecule has 0 bridgehead atoms. The van der Waals surface area contributed by atoms with Crippen LogP contribution in [-0.4, -0.2) is 32.0 Å². The number of nitrogens with zero attached hydrogens (tertiary/aromatic N) is 1. The predicted octanol–water partition coefficient (Wildman–Crippen LogP) is 2.40. The van der Waals surface area contributed by atoms with Crippen molar-refractivity contribution in [3.63, 3.8) is 0 Å². The SMILES string of the molecule is Cc1cc(S(=O)(=O)N2CC=C(C(F)(F)F)CC2)sc1CN. The van der Waals surface area contributed by atoms with Crippen molar-refractivity contribution in [1.82, 2.24) is 4.31 Å². The molecule has 0 fully saturated rings. The molecule has 4 nitrogen and oxygen atoms in total. The van der Waals surface area contributed by atoms with Crippen molar-refractivity contribution in [1.29, 1.82) is 0 Å². The summed E-state index contributed by atoms with van der Waals surface area (Å²) < 4.78 is 63.6. The maximum absolute atomic E-state index is 12.5. The van der Waals surface area contributed by atoms with Gasteiger partial charge < -0.3 is 5.73 Å². The third-order valence-electron chi connectivity index (χ3n) is 3.31. The average molecular weight is 340 g/mol. The van der Waals surface area contributed by atoms with Crippen LogP contribution in [0.1, 0.15) is 16.9 Å². The van der Waals surface area contributed by atoms with Gasteiger partial charge in [0.2, 0.25) is 0 Å². The van der Waals surface area contributed by atoms with E-state index in [1.165, 1.54) is 6.07 Å². The minimum Gasteiger partial charge on any atom is -0.326 e. The van der Waals surface area contributed by atoms with E-state index in [9.17, 15) is 21.6 Å². The Hall–Kier alpha value is -0.900. The highest BCUT2D eigenvalue weighted by Crippen LogP contribution is 2.33. The van der Waals surface area contributed by atoms with Gasteiger partial charge in [-0.05, 0) is 25.0 Å². The molecule has 118 valence electrons. The molecule has 1 aliphatic rings. The van der Waals surface area contributed by atoms with Gasteiger partial charge in [-0.25, -0.2) is 8.42 Å². The van der Waals surface area contributed by atoms with Crippen molar-refractivity contribution in [3.05, 3.63) is 28.2 Å². The van der Waals surface area contributed by atoms with Crippen LogP contribution in [0.4, 0.5) is 13.2 Å². The lowest BCUT2D eigenvalue weighted by atomic mass is 10.1. The molecule has 0 atom stereocenters. The minimum absolute atomic E-state index is 0.129. The molecule has 2 N–H and O–H groups in total. The van der Waals surface area contributed by atoms with Gasteiger partial charge in [0.1, 0.15) is 4.21 Å². The van der Waals surface area contributed by atoms with Crippen LogP contribution >= 0.6 is 11.3 Å². The molecule has 1 aromatic heterocycles. The fraction of sp³-hybridized carbons (Fsp3) is 0.500. The van der Waals surface area contributed by atoms with Crippen LogP contribution in [0.2, 0.25) is 0 Å². The normalized spacial score (nSPS) is 17.9. The fourth-order valence-electron chi connectivity index (χ4n) is 2.07. The first-order valence-electron chi connectivity index (χ1n) is 6.22. The largest absolute Gasteiger partial charge is 0.412 e. The summed E-state index contributed by atoms with van der Waals surface area (Å²) in [4.78, 5) is 0.761. The zero-order valence-electron chi connectivity index (χ0n) is 11.3. The van der Waals surface area contributed by atoms with Gasteiger partial charge in [0.15, 0.2) is 0 Å². The van der Waals surface area contributed by atoms with Gasteiger partial charge in [-0.3, -0.25) is 0 Å². The van der Waals surface area contributed by atoms with E-state index in [2.05, 4.69) is 0 Å². The van der Waals surface area contributed by atoms with Gasteiger partial charge in [0.05, 0.1) is 0 Å². The van der Waals surface area contributed by atoms with E-state index in [1.807, 2.05) is 0 Å². The van der Waals surface area contributed by atoms with E-state index in [-0.39, 0.29) is 30.3 Å². The molecule has 2 rings (SSSR count). The lowest BCUT2D eigenvalue weighted by molar-refractivity contribution is -0.0953. The number of alkyl halides is 3. The van der Waals surface area contributed by atoms with Crippen molar-refractivity contribution in [2.45, 2.75) is 30.3 Å². The molecule has 0 saturated heterocycles. The van der Waals surface area contributed by atoms with Crippen molar-refractivity contribution >= 4 is 21.4 Å². The quantitative estimate of drug-likeness (QED) is 0.860. The van der Waals surface area contributed by atoms with E-state index >= 15 is 0 Å². The summed E-state index contributed by atoms with van der Waals surface area (Å²) >= 11 is 1.07. The lowest BCUT2D eigenvalue weighted by Crippen LogP contribution is -2.36. The number of halogens is 3. The Balaban J connectivity index is 2.24. The monoisotopic (exact) mass is 340 g/mol. The zero-order valence-corrected chi connectivity index (χ0v) is 12.9. The number of rotatable bonds is 3. The van der Waals surface area contributed by atoms with Crippen LogP contribution in [0, 0.1) is 6.92 Å². The zero-order chi connectivity index (χ0) is 15.8. The van der Waals surface area contributed by atoms with Crippen LogP contribution in [0.15, 0.2) is 21.9 Å². The van der Waals surface area contributed by atoms with Crippen LogP contribution in [-0.2, 0) is 16.6 Å². The number of hydrogen-bond donors (Lipinski definition) is 1. The molecule has 0 amide bonds. The number of hydrogen-bond acceptors (Lipinski definition) is 4. The Morgan fingerprint density at radius 3 is 2.52 bits per heavy atom. The predicted molar refractivity (Wildman–Crippen MR) is 74.5 cm³/mol. The average Bonchev–Trinajstić information content (AvgIpc) is 2.80. The molecule has 2 heterocycles. The summed E-state index contributed by atoms with van der Waals surface area (Å²) in [7, 11) is -3.76. The highest BCUT2D eigenvalue weighted by molar-refractivity contribution is 7.91. The number of thiophene rings is 1. The summed E-state index contributed by atoms with van der Waals surface area (Å²) in [5, 5.41) is 0. The van der Waals surface area contributed by atoms with Gasteiger partial charge in [-0.1, -0.05) is 6.08 Å². The van der Waals surface area contributed by atoms with Gasteiger partial charge in [0.25, 0.3) is 10.0 Å². The van der Waals surface area contributed by atoms with E-state index in [0.717, 1.165) is 32.2 Å². The third-order valence-corrected chi connectivity index (χ3v) is 6.89. The summed E-state index contributed by atoms with van der Waals surface area (Å²) in [5.74, 6) is 0. The Morgan fingerprint density at radius 1 is 1.43 bits per heavy atom. The molecule has 0 unspecified atom stereocenters. The van der Waals surface area contributed by atoms with Crippen LogP contribution in [0.25, 0.3) is 0 Å². The smallest absolute Gasteiger partial charge is 0.326 e. The lowest BCUT2D eigenvalue weighted by Gasteiger charge is -2.26. The van der Waals surface area contributed by atoms with Gasteiger partial charge in [-0.2, -0.15) is 17.5 Å². The van der Waals surface area contributed by atoms with E-state index in [1.54, 1.807) is 6.92 Å². The van der Waals surface area contributed by atoms with Crippen molar-refractivity contribution in [2.24, 2.45) is 5.73 Å². The van der Waals surface area contributed by atoms with Crippen LogP contribution in [0.5, 0.6) is 0 Å². The van der Waals surface area contributed by atoms with Crippen LogP contribution < -0.4 is 5.73 Å². The minimum atomic E-state index is -4.39. The molecule has 0 saturated carbocycles. The molecule has 1 aromatic rings. The second kappa shape index (κ2) is 5.71. The standard InChI is InChI=1S/C12H15F3N2O2S2/c1-8-6-11(20-10(8)7-16)21(18,19)17-4-2-9(3-5-17)12(13,14)15/h2,6H,3-5,7,16H2,1H3. The summed E-state index contributed by atoms with van der Waals surface area (Å²) in [6.07, 6.45) is -3.77. The van der Waals surface area contributed by atoms with Gasteiger partial charge in [0, 0.05) is 30.1 Å². The molecular weight excluding hydrogens is 325 g/mol. The fourth-order valence-corrected chi connectivity index (χ4v) is 5.08. The molecule has 0 radical (unpaired) electrons. The molecular formula is C12H15F3N2O2S2. The number of sulfonamides is 1. The highest BCUT2D eigenvalue weighted by atomic mass is 32.2. The first kappa shape index (κ1) is 16.5. The second-order valence-corrected chi connectivity index (χ2v) is 8.02. The summed E-state index contributed by atoms with van der Waals surface area (Å²) in [6, 6.07) is 1.52. The van der Waals surface area contributed by atoms with Crippen molar-refractivity contribution in [2.75, 3.05) is 13.1 Å². The number of aryl methyl sites for hydroxylation is 1. The van der Waals surface area contributed by atoms with Crippen molar-refractivity contribution in [3.8, 4) is 0 Å². The van der Waals surface area contributed by atoms with Crippen LogP contribution in [0.3, 0.4) is 0 Å². The Labute approximate surface area is 125 Å². The Bertz CT molecular complexity index is 663. The molecule has 9 heteroatoms. The first-order valence-corrected chi connectivity index (χ1v) is 8.47. The Morgan fingerprint density at radius 2 is 2.10 bits per heavy atom. The summed E-state index contributed by atoms with van der Waals surface area (Å²) in [5.41, 5.74) is 5.63. The maximum Gasteiger partial charge on any atom is 0.412 e. The molecule has 1 aliphatic heterocycles. The maximum atomic E-state index is 12.5. The molecule has 0 spiro atoms. The molecule has 21 heavy (non-hydrogen) atoms. The van der Waals surface area contributed by atoms with Crippen molar-refractivity contribution < 1.29 is 21.6 Å². The third kappa shape index (κ3) is 3.31. The number of nitrogens with two attached hydrogens (primary N) is 1. The summed E-state index contributed by atoms with van der Waals surface area (Å²) in [6.45, 7) is 1.58. The second-order valence-electron chi connectivity index (χ2n) is 4.72. The van der Waals surface area contributed by atoms with E-state index in [4.69, 9.17) is 5.73 Å². The first-order chi connectivity index (χ1) is 9.66. The van der Waals surface area contributed by atoms with E-state index in [0.29, 0.717) is 0 Å². The Kier molecular flexibility index (Phi) is 4.48. The molecule has 0 aliphatic carbocycles. The van der Waals surface area contributed by atoms with Gasteiger partial charge >= 0.3 is 6.18 Å². The van der Waals surface area contributed by atoms with E-state index < -0.39 is 21.8 Å². The van der Waals surface area contributed by atoms with Gasteiger partial charge in [-0.15, -0.1) is 11.3 Å². The highest BCUT2D eigenvalue weighted by Gasteiger charge is 2.37. The molecule has 0 aromatic carbocycles.